The normalized spacial score (nSPS) is 10.1. The van der Waals surface area contributed by atoms with E-state index in [0.717, 1.165) is 11.3 Å². The van der Waals surface area contributed by atoms with Gasteiger partial charge in [0.05, 0.1) is 17.8 Å². The standard InChI is InChI=1S/C14H13FN2O/c1-10-13(3-2-8-16-10)17-14(18)9-11-4-6-12(15)7-5-11/h2-8H,9H2,1H3,(H,17,18). The molecule has 0 bridgehead atoms. The molecule has 0 radical (unpaired) electrons. The largest absolute Gasteiger partial charge is 0.324 e. The molecule has 18 heavy (non-hydrogen) atoms. The lowest BCUT2D eigenvalue weighted by molar-refractivity contribution is -0.115. The summed E-state index contributed by atoms with van der Waals surface area (Å²) in [5.41, 5.74) is 2.24. The number of aryl methyl sites for hydroxylation is 1. The van der Waals surface area contributed by atoms with E-state index in [1.165, 1.54) is 12.1 Å². The van der Waals surface area contributed by atoms with Crippen molar-refractivity contribution < 1.29 is 9.18 Å². The van der Waals surface area contributed by atoms with Crippen LogP contribution in [-0.2, 0) is 11.2 Å². The van der Waals surface area contributed by atoms with Crippen LogP contribution < -0.4 is 5.32 Å². The minimum absolute atomic E-state index is 0.141. The molecule has 0 spiro atoms. The number of rotatable bonds is 3. The molecule has 0 fully saturated rings. The number of anilines is 1. The van der Waals surface area contributed by atoms with Gasteiger partial charge in [0.15, 0.2) is 0 Å². The van der Waals surface area contributed by atoms with Gasteiger partial charge in [-0.3, -0.25) is 9.78 Å². The summed E-state index contributed by atoms with van der Waals surface area (Å²) in [6.45, 7) is 1.83. The van der Waals surface area contributed by atoms with Crippen LogP contribution in [0.5, 0.6) is 0 Å². The Kier molecular flexibility index (Phi) is 3.67. The molecule has 3 nitrogen and oxygen atoms in total. The molecule has 1 amide bonds. The van der Waals surface area contributed by atoms with Crippen LogP contribution in [0, 0.1) is 12.7 Å². The highest BCUT2D eigenvalue weighted by Gasteiger charge is 2.06. The molecule has 2 aromatic rings. The monoisotopic (exact) mass is 244 g/mol. The van der Waals surface area contributed by atoms with Crippen molar-refractivity contribution in [2.75, 3.05) is 5.32 Å². The van der Waals surface area contributed by atoms with Gasteiger partial charge in [0.1, 0.15) is 5.82 Å². The summed E-state index contributed by atoms with van der Waals surface area (Å²) in [7, 11) is 0. The number of aromatic nitrogens is 1. The van der Waals surface area contributed by atoms with Crippen molar-refractivity contribution in [2.24, 2.45) is 0 Å². The van der Waals surface area contributed by atoms with Crippen LogP contribution in [0.15, 0.2) is 42.6 Å². The maximum Gasteiger partial charge on any atom is 0.228 e. The fourth-order valence-corrected chi connectivity index (χ4v) is 1.60. The highest BCUT2D eigenvalue weighted by atomic mass is 19.1. The molecule has 0 saturated carbocycles. The summed E-state index contributed by atoms with van der Waals surface area (Å²) in [6, 6.07) is 9.46. The van der Waals surface area contributed by atoms with E-state index >= 15 is 0 Å². The quantitative estimate of drug-likeness (QED) is 0.902. The Bertz CT molecular complexity index is 552. The average Bonchev–Trinajstić information content (AvgIpc) is 2.35. The number of nitrogens with zero attached hydrogens (tertiary/aromatic N) is 1. The molecule has 1 heterocycles. The van der Waals surface area contributed by atoms with E-state index in [2.05, 4.69) is 10.3 Å². The van der Waals surface area contributed by atoms with Crippen LogP contribution in [0.4, 0.5) is 10.1 Å². The molecule has 1 N–H and O–H groups in total. The Morgan fingerprint density at radius 2 is 2.00 bits per heavy atom. The van der Waals surface area contributed by atoms with Crippen molar-refractivity contribution in [3.8, 4) is 0 Å². The van der Waals surface area contributed by atoms with Crippen molar-refractivity contribution in [3.63, 3.8) is 0 Å². The van der Waals surface area contributed by atoms with Gasteiger partial charge in [-0.15, -0.1) is 0 Å². The Labute approximate surface area is 105 Å². The van der Waals surface area contributed by atoms with E-state index in [9.17, 15) is 9.18 Å². The van der Waals surface area contributed by atoms with Gasteiger partial charge in [-0.25, -0.2) is 4.39 Å². The molecule has 1 aromatic carbocycles. The first kappa shape index (κ1) is 12.2. The second-order valence-corrected chi connectivity index (χ2v) is 3.99. The van der Waals surface area contributed by atoms with Crippen molar-refractivity contribution in [1.82, 2.24) is 4.98 Å². The van der Waals surface area contributed by atoms with Crippen LogP contribution in [0.25, 0.3) is 0 Å². The minimum Gasteiger partial charge on any atom is -0.324 e. The van der Waals surface area contributed by atoms with Gasteiger partial charge in [0.25, 0.3) is 0 Å². The summed E-state index contributed by atoms with van der Waals surface area (Å²) < 4.78 is 12.7. The third-order valence-electron chi connectivity index (χ3n) is 2.56. The Hall–Kier alpha value is -2.23. The van der Waals surface area contributed by atoms with Gasteiger partial charge in [-0.05, 0) is 36.8 Å². The van der Waals surface area contributed by atoms with Gasteiger partial charge in [0, 0.05) is 6.20 Å². The number of hydrogen-bond donors (Lipinski definition) is 1. The van der Waals surface area contributed by atoms with Gasteiger partial charge in [0.2, 0.25) is 5.91 Å². The molecule has 0 aliphatic rings. The molecular weight excluding hydrogens is 231 g/mol. The fraction of sp³-hybridized carbons (Fsp3) is 0.143. The number of nitrogens with one attached hydrogen (secondary N) is 1. The molecule has 4 heteroatoms. The Morgan fingerprint density at radius 3 is 2.67 bits per heavy atom. The topological polar surface area (TPSA) is 42.0 Å². The smallest absolute Gasteiger partial charge is 0.228 e. The summed E-state index contributed by atoms with van der Waals surface area (Å²) in [5.74, 6) is -0.444. The lowest BCUT2D eigenvalue weighted by Gasteiger charge is -2.07. The molecule has 92 valence electrons. The predicted octanol–water partition coefficient (Wildman–Crippen LogP) is 2.71. The first-order valence-electron chi connectivity index (χ1n) is 5.61. The van der Waals surface area contributed by atoms with Crippen LogP contribution in [-0.4, -0.2) is 10.9 Å². The van der Waals surface area contributed by atoms with Gasteiger partial charge in [-0.2, -0.15) is 0 Å². The van der Waals surface area contributed by atoms with E-state index in [0.29, 0.717) is 5.69 Å². The molecule has 0 saturated heterocycles. The zero-order valence-corrected chi connectivity index (χ0v) is 9.98. The third kappa shape index (κ3) is 3.13. The van der Waals surface area contributed by atoms with Crippen LogP contribution in [0.1, 0.15) is 11.3 Å². The summed E-state index contributed by atoms with van der Waals surface area (Å²) in [5, 5.41) is 2.78. The lowest BCUT2D eigenvalue weighted by Crippen LogP contribution is -2.15. The predicted molar refractivity (Wildman–Crippen MR) is 67.7 cm³/mol. The molecule has 1 aromatic heterocycles. The number of benzene rings is 1. The van der Waals surface area contributed by atoms with Gasteiger partial charge in [-0.1, -0.05) is 12.1 Å². The average molecular weight is 244 g/mol. The van der Waals surface area contributed by atoms with Crippen molar-refractivity contribution in [3.05, 3.63) is 59.7 Å². The number of hydrogen-bond acceptors (Lipinski definition) is 2. The maximum atomic E-state index is 12.7. The van der Waals surface area contributed by atoms with E-state index in [-0.39, 0.29) is 18.1 Å². The Balaban J connectivity index is 2.01. The molecule has 0 unspecified atom stereocenters. The highest BCUT2D eigenvalue weighted by molar-refractivity contribution is 5.92. The van der Waals surface area contributed by atoms with E-state index in [4.69, 9.17) is 0 Å². The van der Waals surface area contributed by atoms with Crippen molar-refractivity contribution in [1.29, 1.82) is 0 Å². The van der Waals surface area contributed by atoms with E-state index in [1.807, 2.05) is 6.92 Å². The van der Waals surface area contributed by atoms with Crippen molar-refractivity contribution in [2.45, 2.75) is 13.3 Å². The second kappa shape index (κ2) is 5.40. The van der Waals surface area contributed by atoms with Crippen LogP contribution >= 0.6 is 0 Å². The summed E-state index contributed by atoms with van der Waals surface area (Å²) in [6.07, 6.45) is 1.89. The molecule has 2 rings (SSSR count). The number of carbonyl (C=O) groups is 1. The second-order valence-electron chi connectivity index (χ2n) is 3.99. The number of amides is 1. The molecule has 0 atom stereocenters. The van der Waals surface area contributed by atoms with E-state index in [1.54, 1.807) is 30.5 Å². The summed E-state index contributed by atoms with van der Waals surface area (Å²) >= 11 is 0. The molecule has 0 aliphatic heterocycles. The lowest BCUT2D eigenvalue weighted by atomic mass is 10.1. The maximum absolute atomic E-state index is 12.7. The number of pyridine rings is 1. The fourth-order valence-electron chi connectivity index (χ4n) is 1.60. The van der Waals surface area contributed by atoms with Crippen molar-refractivity contribution >= 4 is 11.6 Å². The zero-order chi connectivity index (χ0) is 13.0. The first-order valence-corrected chi connectivity index (χ1v) is 5.61. The Morgan fingerprint density at radius 1 is 1.28 bits per heavy atom. The summed E-state index contributed by atoms with van der Waals surface area (Å²) in [4.78, 5) is 15.9. The molecule has 0 aliphatic carbocycles. The van der Waals surface area contributed by atoms with Crippen LogP contribution in [0.2, 0.25) is 0 Å². The zero-order valence-electron chi connectivity index (χ0n) is 9.98. The third-order valence-corrected chi connectivity index (χ3v) is 2.56. The van der Waals surface area contributed by atoms with Gasteiger partial charge >= 0.3 is 0 Å². The SMILES string of the molecule is Cc1ncccc1NC(=O)Cc1ccc(F)cc1. The highest BCUT2D eigenvalue weighted by Crippen LogP contribution is 2.11. The number of carbonyl (C=O) groups excluding carboxylic acids is 1. The van der Waals surface area contributed by atoms with E-state index < -0.39 is 0 Å². The number of halogens is 1. The molecular formula is C14H13FN2O. The van der Waals surface area contributed by atoms with Crippen LogP contribution in [0.3, 0.4) is 0 Å². The van der Waals surface area contributed by atoms with Gasteiger partial charge < -0.3 is 5.32 Å². The minimum atomic E-state index is -0.303. The first-order chi connectivity index (χ1) is 8.65.